The summed E-state index contributed by atoms with van der Waals surface area (Å²) in [6, 6.07) is 1.39. The molecule has 1 saturated carbocycles. The molecule has 4 heteroatoms. The molecule has 3 aliphatic rings. The number of nitrogens with zero attached hydrogens (tertiary/aromatic N) is 1. The molecule has 0 aromatic rings. The van der Waals surface area contributed by atoms with Gasteiger partial charge in [-0.25, -0.2) is 0 Å². The van der Waals surface area contributed by atoms with E-state index in [2.05, 4.69) is 11.8 Å². The van der Waals surface area contributed by atoms with Crippen LogP contribution in [0.1, 0.15) is 26.2 Å². The van der Waals surface area contributed by atoms with Gasteiger partial charge in [-0.2, -0.15) is 0 Å². The van der Waals surface area contributed by atoms with Crippen molar-refractivity contribution in [3.8, 4) is 0 Å². The van der Waals surface area contributed by atoms with Crippen LogP contribution in [0.4, 0.5) is 0 Å². The SMILES string of the molecule is CC1CC2(CN1C1CC1)OCC(CN)O2. The number of likely N-dealkylation sites (tertiary alicyclic amines) is 1. The molecule has 2 heterocycles. The van der Waals surface area contributed by atoms with Gasteiger partial charge in [-0.15, -0.1) is 0 Å². The van der Waals surface area contributed by atoms with E-state index >= 15 is 0 Å². The topological polar surface area (TPSA) is 47.7 Å². The van der Waals surface area contributed by atoms with E-state index in [-0.39, 0.29) is 11.9 Å². The summed E-state index contributed by atoms with van der Waals surface area (Å²) in [5.41, 5.74) is 5.61. The Bertz CT molecular complexity index is 257. The Balaban J connectivity index is 1.68. The van der Waals surface area contributed by atoms with Gasteiger partial charge in [-0.1, -0.05) is 0 Å². The summed E-state index contributed by atoms with van der Waals surface area (Å²) in [6.07, 6.45) is 3.80. The molecule has 1 spiro atoms. The van der Waals surface area contributed by atoms with Crippen molar-refractivity contribution >= 4 is 0 Å². The second-order valence-corrected chi connectivity index (χ2v) is 5.15. The van der Waals surface area contributed by atoms with Gasteiger partial charge in [0.2, 0.25) is 0 Å². The molecule has 3 unspecified atom stereocenters. The van der Waals surface area contributed by atoms with Crippen LogP contribution in [0.3, 0.4) is 0 Å². The highest BCUT2D eigenvalue weighted by Crippen LogP contribution is 2.41. The van der Waals surface area contributed by atoms with Crippen LogP contribution in [-0.2, 0) is 9.47 Å². The van der Waals surface area contributed by atoms with Gasteiger partial charge in [0.05, 0.1) is 19.3 Å². The van der Waals surface area contributed by atoms with Crippen LogP contribution in [0.2, 0.25) is 0 Å². The lowest BCUT2D eigenvalue weighted by Crippen LogP contribution is -2.37. The van der Waals surface area contributed by atoms with Crippen LogP contribution < -0.4 is 5.73 Å². The Morgan fingerprint density at radius 2 is 2.27 bits per heavy atom. The van der Waals surface area contributed by atoms with Gasteiger partial charge in [0.25, 0.3) is 0 Å². The van der Waals surface area contributed by atoms with E-state index in [1.54, 1.807) is 0 Å². The van der Waals surface area contributed by atoms with Crippen molar-refractivity contribution in [1.29, 1.82) is 0 Å². The molecule has 3 atom stereocenters. The molecule has 0 aromatic carbocycles. The summed E-state index contributed by atoms with van der Waals surface area (Å²) in [4.78, 5) is 2.54. The fourth-order valence-electron chi connectivity index (χ4n) is 2.88. The van der Waals surface area contributed by atoms with Crippen molar-refractivity contribution in [3.63, 3.8) is 0 Å². The van der Waals surface area contributed by atoms with Gasteiger partial charge in [0.1, 0.15) is 0 Å². The fraction of sp³-hybridized carbons (Fsp3) is 1.00. The molecule has 86 valence electrons. The number of ether oxygens (including phenoxy) is 2. The first kappa shape index (κ1) is 10.0. The molecule has 0 aromatic heterocycles. The van der Waals surface area contributed by atoms with Crippen molar-refractivity contribution in [2.75, 3.05) is 19.7 Å². The van der Waals surface area contributed by atoms with E-state index < -0.39 is 0 Å². The molecule has 3 rings (SSSR count). The summed E-state index contributed by atoms with van der Waals surface area (Å²) >= 11 is 0. The van der Waals surface area contributed by atoms with Gasteiger partial charge in [0, 0.05) is 25.0 Å². The lowest BCUT2D eigenvalue weighted by atomic mass is 10.2. The molecule has 4 nitrogen and oxygen atoms in total. The zero-order valence-electron chi connectivity index (χ0n) is 9.32. The van der Waals surface area contributed by atoms with Gasteiger partial charge in [0.15, 0.2) is 5.79 Å². The minimum Gasteiger partial charge on any atom is -0.346 e. The summed E-state index contributed by atoms with van der Waals surface area (Å²) in [6.45, 7) is 4.45. The quantitative estimate of drug-likeness (QED) is 0.716. The van der Waals surface area contributed by atoms with Crippen molar-refractivity contribution in [1.82, 2.24) is 4.90 Å². The highest BCUT2D eigenvalue weighted by atomic mass is 16.7. The smallest absolute Gasteiger partial charge is 0.183 e. The van der Waals surface area contributed by atoms with Crippen LogP contribution in [0, 0.1) is 0 Å². The molecule has 0 amide bonds. The number of hydrogen-bond donors (Lipinski definition) is 1. The molecule has 1 aliphatic carbocycles. The minimum absolute atomic E-state index is 0.108. The third kappa shape index (κ3) is 1.69. The second-order valence-electron chi connectivity index (χ2n) is 5.15. The molecule has 0 bridgehead atoms. The molecule has 3 fully saturated rings. The van der Waals surface area contributed by atoms with Crippen molar-refractivity contribution < 1.29 is 9.47 Å². The third-order valence-electron chi connectivity index (χ3n) is 3.79. The Hall–Kier alpha value is -0.160. The van der Waals surface area contributed by atoms with Crippen molar-refractivity contribution in [2.45, 2.75) is 50.2 Å². The predicted molar refractivity (Wildman–Crippen MR) is 56.4 cm³/mol. The highest BCUT2D eigenvalue weighted by molar-refractivity contribution is 4.99. The third-order valence-corrected chi connectivity index (χ3v) is 3.79. The van der Waals surface area contributed by atoms with Gasteiger partial charge >= 0.3 is 0 Å². The molecular weight excluding hydrogens is 192 g/mol. The van der Waals surface area contributed by atoms with Crippen LogP contribution in [0.25, 0.3) is 0 Å². The van der Waals surface area contributed by atoms with E-state index in [1.165, 1.54) is 12.8 Å². The Morgan fingerprint density at radius 1 is 1.47 bits per heavy atom. The summed E-state index contributed by atoms with van der Waals surface area (Å²) < 4.78 is 11.8. The first-order chi connectivity index (χ1) is 7.22. The average Bonchev–Trinajstić information content (AvgIpc) is 2.92. The Kier molecular flexibility index (Phi) is 2.28. The van der Waals surface area contributed by atoms with Crippen LogP contribution in [0.5, 0.6) is 0 Å². The average molecular weight is 212 g/mol. The number of rotatable bonds is 2. The van der Waals surface area contributed by atoms with Gasteiger partial charge in [-0.3, -0.25) is 4.90 Å². The van der Waals surface area contributed by atoms with Gasteiger partial charge in [-0.05, 0) is 19.8 Å². The van der Waals surface area contributed by atoms with Crippen molar-refractivity contribution in [3.05, 3.63) is 0 Å². The summed E-state index contributed by atoms with van der Waals surface area (Å²) in [5.74, 6) is -0.327. The van der Waals surface area contributed by atoms with Crippen LogP contribution in [0.15, 0.2) is 0 Å². The largest absolute Gasteiger partial charge is 0.346 e. The van der Waals surface area contributed by atoms with Crippen molar-refractivity contribution in [2.24, 2.45) is 5.73 Å². The lowest BCUT2D eigenvalue weighted by Gasteiger charge is -2.23. The zero-order valence-corrected chi connectivity index (χ0v) is 9.32. The molecule has 0 radical (unpaired) electrons. The molecule has 15 heavy (non-hydrogen) atoms. The van der Waals surface area contributed by atoms with E-state index in [0.29, 0.717) is 19.2 Å². The molecule has 2 aliphatic heterocycles. The first-order valence-electron chi connectivity index (χ1n) is 6.00. The highest BCUT2D eigenvalue weighted by Gasteiger charge is 2.52. The standard InChI is InChI=1S/C11H20N2O2/c1-8-4-11(7-13(8)9-2-3-9)14-6-10(5-12)15-11/h8-10H,2-7,12H2,1H3. The maximum Gasteiger partial charge on any atom is 0.183 e. The van der Waals surface area contributed by atoms with Crippen LogP contribution >= 0.6 is 0 Å². The summed E-state index contributed by atoms with van der Waals surface area (Å²) in [5, 5.41) is 0. The monoisotopic (exact) mass is 212 g/mol. The first-order valence-corrected chi connectivity index (χ1v) is 6.00. The maximum atomic E-state index is 5.95. The minimum atomic E-state index is -0.327. The van der Waals surface area contributed by atoms with E-state index in [1.807, 2.05) is 0 Å². The van der Waals surface area contributed by atoms with Gasteiger partial charge < -0.3 is 15.2 Å². The number of hydrogen-bond acceptors (Lipinski definition) is 4. The fourth-order valence-corrected chi connectivity index (χ4v) is 2.88. The van der Waals surface area contributed by atoms with Crippen LogP contribution in [-0.4, -0.2) is 48.6 Å². The summed E-state index contributed by atoms with van der Waals surface area (Å²) in [7, 11) is 0. The molecule has 2 N–H and O–H groups in total. The van der Waals surface area contributed by atoms with E-state index in [9.17, 15) is 0 Å². The Morgan fingerprint density at radius 3 is 2.87 bits per heavy atom. The second kappa shape index (κ2) is 3.42. The van der Waals surface area contributed by atoms with E-state index in [4.69, 9.17) is 15.2 Å². The maximum absolute atomic E-state index is 5.95. The number of nitrogens with two attached hydrogens (primary N) is 1. The normalized spacial score (nSPS) is 46.8. The molecule has 2 saturated heterocycles. The lowest BCUT2D eigenvalue weighted by molar-refractivity contribution is -0.156. The predicted octanol–water partition coefficient (Wildman–Crippen LogP) is 0.313. The Labute approximate surface area is 90.7 Å². The van der Waals surface area contributed by atoms with E-state index in [0.717, 1.165) is 19.0 Å². The zero-order chi connectivity index (χ0) is 10.5. The molecular formula is C11H20N2O2.